The molecule has 0 heterocycles. The second-order valence-electron chi connectivity index (χ2n) is 20.9. The first-order valence-electron chi connectivity index (χ1n) is 22.0. The first-order chi connectivity index (χ1) is 28.1. The zero-order valence-corrected chi connectivity index (χ0v) is 48.5. The molecular weight excluding hydrogens is 1120 g/mol. The van der Waals surface area contributed by atoms with Gasteiger partial charge in [-0.25, -0.2) is 24.3 Å². The van der Waals surface area contributed by atoms with Crippen LogP contribution in [0.3, 0.4) is 0 Å². The van der Waals surface area contributed by atoms with Crippen molar-refractivity contribution in [2.45, 2.75) is 156 Å². The summed E-state index contributed by atoms with van der Waals surface area (Å²) in [5.74, 6) is 0. The van der Waals surface area contributed by atoms with E-state index in [-0.39, 0.29) is 46.5 Å². The van der Waals surface area contributed by atoms with E-state index in [4.69, 9.17) is 0 Å². The van der Waals surface area contributed by atoms with E-state index in [2.05, 4.69) is 180 Å². The van der Waals surface area contributed by atoms with Gasteiger partial charge in [0.15, 0.2) is 0 Å². The molecule has 0 amide bonds. The van der Waals surface area contributed by atoms with E-state index >= 15 is 0 Å². The standard InChI is InChI=1S/2C21H25.2C5H5.2C3H4.2ClH.2Hf/c2*1-20(2,3)16-9-7-14-11-15-8-10-17(21(4,5)6)13-19(15)18(14)12-16;2*1-2-4-5-3-1;2*1-2-3-1;;;;/h2*7,9-10,12-13H,11H2,1-6H3;2*1-3H,4H2;2*1-2H2;2*1H;;/q4*-1;;;;;2*+2. The number of hydrogen-bond donors (Lipinski definition) is 0. The summed E-state index contributed by atoms with van der Waals surface area (Å²) in [5, 5.41) is 0. The van der Waals surface area contributed by atoms with Crippen molar-refractivity contribution in [1.82, 2.24) is 0 Å². The third-order valence-corrected chi connectivity index (χ3v) is 14.8. The first kappa shape index (κ1) is 54.2. The van der Waals surface area contributed by atoms with E-state index in [1.807, 2.05) is 24.3 Å². The molecule has 2 saturated carbocycles. The Labute approximate surface area is 419 Å². The van der Waals surface area contributed by atoms with E-state index in [0.29, 0.717) is 0 Å². The third kappa shape index (κ3) is 16.7. The summed E-state index contributed by atoms with van der Waals surface area (Å²) in [7, 11) is 0. The molecule has 0 spiro atoms. The van der Waals surface area contributed by atoms with Gasteiger partial charge in [0.1, 0.15) is 0 Å². The Morgan fingerprint density at radius 3 is 0.968 bits per heavy atom. The Morgan fingerprint density at radius 1 is 0.435 bits per heavy atom. The molecule has 62 heavy (non-hydrogen) atoms. The van der Waals surface area contributed by atoms with Crippen molar-refractivity contribution in [2.75, 3.05) is 0 Å². The average molecular weight is 1200 g/mol. The molecule has 2 fully saturated rings. The Hall–Kier alpha value is -2.10. The van der Waals surface area contributed by atoms with Gasteiger partial charge in [0.25, 0.3) is 0 Å². The van der Waals surface area contributed by atoms with Gasteiger partial charge >= 0.3 is 80.0 Å². The van der Waals surface area contributed by atoms with Crippen LogP contribution in [0.25, 0.3) is 22.3 Å². The fourth-order valence-corrected chi connectivity index (χ4v) is 7.67. The summed E-state index contributed by atoms with van der Waals surface area (Å²) in [6.45, 7) is 27.3. The molecule has 0 aromatic heterocycles. The zero-order chi connectivity index (χ0) is 43.9. The van der Waals surface area contributed by atoms with Crippen molar-refractivity contribution >= 4 is 31.3 Å². The van der Waals surface area contributed by atoms with E-state index < -0.39 is 0 Å². The number of fused-ring (bicyclic) bond motifs is 6. The quantitative estimate of drug-likeness (QED) is 0.105. The van der Waals surface area contributed by atoms with Gasteiger partial charge in [0.05, 0.1) is 0 Å². The number of benzene rings is 4. The molecule has 4 aromatic carbocycles. The molecule has 0 bridgehead atoms. The minimum atomic E-state index is 0. The summed E-state index contributed by atoms with van der Waals surface area (Å²) < 4.78 is 3.61. The van der Waals surface area contributed by atoms with Gasteiger partial charge in [0, 0.05) is 0 Å². The van der Waals surface area contributed by atoms with Crippen molar-refractivity contribution in [1.29, 1.82) is 0 Å². The van der Waals surface area contributed by atoms with Gasteiger partial charge < -0.3 is 0 Å². The Kier molecular flexibility index (Phi) is 20.5. The molecule has 6 aliphatic carbocycles. The molecule has 4 aromatic rings. The van der Waals surface area contributed by atoms with Crippen molar-refractivity contribution < 1.29 is 47.8 Å². The molecule has 6 aliphatic rings. The monoisotopic (exact) mass is 1200 g/mol. The molecule has 0 radical (unpaired) electrons. The third-order valence-electron chi connectivity index (χ3n) is 11.2. The molecule has 10 rings (SSSR count). The molecule has 4 heteroatoms. The van der Waals surface area contributed by atoms with Gasteiger partial charge in [-0.1, -0.05) is 153 Å². The van der Waals surface area contributed by atoms with Gasteiger partial charge in [-0.15, -0.1) is 48.8 Å². The maximum atomic E-state index is 3.53. The van der Waals surface area contributed by atoms with Gasteiger partial charge in [-0.05, 0) is 34.8 Å². The van der Waals surface area contributed by atoms with Crippen LogP contribution >= 0.6 is 24.8 Å². The second-order valence-corrected chi connectivity index (χ2v) is 26.0. The van der Waals surface area contributed by atoms with Crippen molar-refractivity contribution in [2.24, 2.45) is 0 Å². The number of allylic oxidation sites excluding steroid dienone is 8. The van der Waals surface area contributed by atoms with Crippen LogP contribution in [0.1, 0.15) is 166 Å². The normalized spacial score (nSPS) is 15.2. The molecule has 0 nitrogen and oxygen atoms in total. The predicted octanol–water partition coefficient (Wildman–Crippen LogP) is 15.8. The summed E-state index contributed by atoms with van der Waals surface area (Å²) in [6.07, 6.45) is 27.9. The van der Waals surface area contributed by atoms with E-state index in [0.717, 1.165) is 25.7 Å². The topological polar surface area (TPSA) is 0 Å². The van der Waals surface area contributed by atoms with Crippen LogP contribution in [-0.2, 0) is 82.3 Å². The summed E-state index contributed by atoms with van der Waals surface area (Å²) in [4.78, 5) is 0. The molecule has 324 valence electrons. The SMILES string of the molecule is CC(C)(C)c1c[c-]c2c(c1)-c1cc(C(C)(C)C)ccc1C2.CC(C)(C)c1c[c-]c2c(c1)-c1cc(C(C)(C)C)ccc1C2.Cl.Cl.[C-]1=CC=CC1.[C-]1=CC=CC1.[Hf+2]=[C]1CC1.[Hf+2]=[C]1CC1. The number of halogens is 2. The van der Waals surface area contributed by atoms with Crippen LogP contribution in [0.4, 0.5) is 0 Å². The predicted molar refractivity (Wildman–Crippen MR) is 268 cm³/mol. The Bertz CT molecular complexity index is 1970. The van der Waals surface area contributed by atoms with Crippen molar-refractivity contribution in [3.63, 3.8) is 0 Å². The summed E-state index contributed by atoms with van der Waals surface area (Å²) in [6, 6.07) is 30.1. The first-order valence-corrected chi connectivity index (χ1v) is 25.6. The van der Waals surface area contributed by atoms with Crippen LogP contribution in [0.5, 0.6) is 0 Å². The fraction of sp³-hybridized carbons (Fsp3) is 0.414. The maximum absolute atomic E-state index is 3.53. The van der Waals surface area contributed by atoms with Gasteiger partial charge in [-0.2, -0.15) is 70.8 Å². The molecular formula is C58H70Cl2Hf2. The minimum absolute atomic E-state index is 0. The molecule has 0 saturated heterocycles. The Morgan fingerprint density at radius 2 is 0.742 bits per heavy atom. The Balaban J connectivity index is 0.000000230. The number of hydrogen-bond acceptors (Lipinski definition) is 0. The van der Waals surface area contributed by atoms with Crippen LogP contribution in [0.15, 0.2) is 97.1 Å². The van der Waals surface area contributed by atoms with E-state index in [1.165, 1.54) is 140 Å². The van der Waals surface area contributed by atoms with Crippen LogP contribution in [0.2, 0.25) is 0 Å². The van der Waals surface area contributed by atoms with Gasteiger partial charge in [0.2, 0.25) is 0 Å². The molecule has 0 unspecified atom stereocenters. The second kappa shape index (κ2) is 23.4. The molecule has 0 atom stereocenters. The van der Waals surface area contributed by atoms with Crippen LogP contribution < -0.4 is 0 Å². The van der Waals surface area contributed by atoms with Crippen molar-refractivity contribution in [3.8, 4) is 22.3 Å². The van der Waals surface area contributed by atoms with Gasteiger partial charge in [-0.3, -0.25) is 12.2 Å². The summed E-state index contributed by atoms with van der Waals surface area (Å²) >= 11 is 2.75. The molecule has 0 N–H and O–H groups in total. The van der Waals surface area contributed by atoms with Crippen LogP contribution in [-0.4, -0.2) is 6.51 Å². The number of rotatable bonds is 0. The van der Waals surface area contributed by atoms with Crippen molar-refractivity contribution in [3.05, 3.63) is 166 Å². The van der Waals surface area contributed by atoms with E-state index in [9.17, 15) is 0 Å². The fourth-order valence-electron chi connectivity index (χ4n) is 6.77. The molecule has 0 aliphatic heterocycles. The van der Waals surface area contributed by atoms with E-state index in [1.54, 1.807) is 6.51 Å². The summed E-state index contributed by atoms with van der Waals surface area (Å²) in [5.41, 5.74) is 17.5. The van der Waals surface area contributed by atoms with Crippen LogP contribution in [0, 0.1) is 24.3 Å². The average Bonchev–Trinajstić information content (AvgIpc) is 3.78. The zero-order valence-electron chi connectivity index (χ0n) is 39.7.